The van der Waals surface area contributed by atoms with E-state index in [4.69, 9.17) is 9.47 Å². The summed E-state index contributed by atoms with van der Waals surface area (Å²) in [6, 6.07) is 35.9. The fourth-order valence-corrected chi connectivity index (χ4v) is 8.89. The Balaban J connectivity index is 1.64. The van der Waals surface area contributed by atoms with Crippen LogP contribution in [0.3, 0.4) is 0 Å². The van der Waals surface area contributed by atoms with E-state index in [9.17, 15) is 0 Å². The van der Waals surface area contributed by atoms with Gasteiger partial charge in [-0.1, -0.05) is 145 Å². The highest BCUT2D eigenvalue weighted by molar-refractivity contribution is 7.48. The number of nitrogens with zero attached hydrogens (tertiary/aromatic N) is 1. The third-order valence-electron chi connectivity index (χ3n) is 9.60. The highest BCUT2D eigenvalue weighted by Gasteiger charge is 2.35. The Labute approximate surface area is 280 Å². The van der Waals surface area contributed by atoms with Crippen molar-refractivity contribution < 1.29 is 9.47 Å². The largest absolute Gasteiger partial charge is 0.467 e. The summed E-state index contributed by atoms with van der Waals surface area (Å²) in [6.07, 6.45) is 11.6. The Kier molecular flexibility index (Phi) is 13.3. The lowest BCUT2D eigenvalue weighted by molar-refractivity contribution is 0.0492. The molecule has 5 rings (SSSR count). The third-order valence-corrected chi connectivity index (χ3v) is 11.7. The first-order valence-corrected chi connectivity index (χ1v) is 18.6. The molecule has 1 saturated heterocycles. The summed E-state index contributed by atoms with van der Waals surface area (Å²) in [5, 5.41) is 1.48. The molecule has 0 aromatic heterocycles. The van der Waals surface area contributed by atoms with Crippen LogP contribution in [0.1, 0.15) is 98.6 Å². The van der Waals surface area contributed by atoms with Crippen LogP contribution < -0.4 is 10.0 Å². The summed E-state index contributed by atoms with van der Waals surface area (Å²) in [7, 11) is 2.39. The molecule has 4 heteroatoms. The molecular formula is C42H54NO2P. The van der Waals surface area contributed by atoms with Gasteiger partial charge in [-0.2, -0.15) is 0 Å². The van der Waals surface area contributed by atoms with Crippen LogP contribution in [0.15, 0.2) is 97.1 Å². The monoisotopic (exact) mass is 635 g/mol. The van der Waals surface area contributed by atoms with Crippen LogP contribution in [0.5, 0.6) is 5.75 Å². The van der Waals surface area contributed by atoms with Gasteiger partial charge in [0.2, 0.25) is 0 Å². The lowest BCUT2D eigenvalue weighted by Gasteiger charge is -2.37. The van der Waals surface area contributed by atoms with Crippen LogP contribution in [-0.2, 0) is 29.3 Å². The molecule has 0 spiro atoms. The number of methoxy groups -OCH3 is 1. The smallest absolute Gasteiger partial charge is 0.188 e. The average Bonchev–Trinajstić information content (AvgIpc) is 3.09. The minimum absolute atomic E-state index is 0.0334. The van der Waals surface area contributed by atoms with Crippen LogP contribution in [0.2, 0.25) is 0 Å². The standard InChI is InChI=1S/C42H54NO2P/c1-4-6-16-25-42(5-2,46-40-24-15-14-23-37(40)32-43-26-17-9-18-27-43)39-31-36(28-34-19-10-7-11-20-34)30-38(41(39)45-33-44-3)29-35-21-12-8-13-22-35/h7-8,10-15,19-24,30-31,46H,4-6,9,16-18,25-29,32-33H2,1-3H3. The molecule has 0 radical (unpaired) electrons. The minimum atomic E-state index is -0.0334. The van der Waals surface area contributed by atoms with Gasteiger partial charge in [-0.05, 0) is 78.3 Å². The zero-order valence-corrected chi connectivity index (χ0v) is 29.4. The summed E-state index contributed by atoms with van der Waals surface area (Å²) in [6.45, 7) is 8.45. The SMILES string of the molecule is CCCCCC(CC)(Pc1ccccc1CN1CCCCC1)c1cc(Cc2ccccc2)cc(Cc2ccccc2)c1OCOC. The molecule has 2 unspecified atom stereocenters. The molecule has 1 aliphatic rings. The number of ether oxygens (including phenoxy) is 2. The van der Waals surface area contributed by atoms with Gasteiger partial charge in [0.25, 0.3) is 0 Å². The molecule has 46 heavy (non-hydrogen) atoms. The van der Waals surface area contributed by atoms with Gasteiger partial charge in [-0.25, -0.2) is 0 Å². The van der Waals surface area contributed by atoms with Gasteiger partial charge in [0.1, 0.15) is 5.75 Å². The molecule has 0 aliphatic carbocycles. The predicted octanol–water partition coefficient (Wildman–Crippen LogP) is 10.0. The zero-order valence-electron chi connectivity index (χ0n) is 28.4. The first-order valence-electron chi connectivity index (χ1n) is 17.6. The van der Waals surface area contributed by atoms with E-state index in [2.05, 4.69) is 116 Å². The Bertz CT molecular complexity index is 1470. The van der Waals surface area contributed by atoms with E-state index in [1.54, 1.807) is 7.11 Å². The molecule has 244 valence electrons. The van der Waals surface area contributed by atoms with Crippen molar-refractivity contribution in [3.8, 4) is 5.75 Å². The second-order valence-corrected chi connectivity index (χ2v) is 14.8. The number of rotatable bonds is 17. The van der Waals surface area contributed by atoms with E-state index in [0.29, 0.717) is 8.58 Å². The summed E-state index contributed by atoms with van der Waals surface area (Å²) < 4.78 is 12.2. The molecule has 1 aliphatic heterocycles. The Morgan fingerprint density at radius 1 is 0.717 bits per heavy atom. The molecule has 4 aromatic rings. The maximum Gasteiger partial charge on any atom is 0.188 e. The molecule has 3 nitrogen and oxygen atoms in total. The summed E-state index contributed by atoms with van der Waals surface area (Å²) in [4.78, 5) is 2.67. The molecule has 1 fully saturated rings. The Hall–Kier alpha value is -2.97. The fourth-order valence-electron chi connectivity index (χ4n) is 7.07. The highest BCUT2D eigenvalue weighted by atomic mass is 31.1. The first-order chi connectivity index (χ1) is 22.6. The van der Waals surface area contributed by atoms with Crippen molar-refractivity contribution in [3.63, 3.8) is 0 Å². The number of piperidine rings is 1. The van der Waals surface area contributed by atoms with Crippen LogP contribution in [-0.4, -0.2) is 31.9 Å². The van der Waals surface area contributed by atoms with Crippen molar-refractivity contribution in [2.24, 2.45) is 0 Å². The van der Waals surface area contributed by atoms with Gasteiger partial charge >= 0.3 is 0 Å². The second-order valence-electron chi connectivity index (χ2n) is 13.0. The lowest BCUT2D eigenvalue weighted by Crippen LogP contribution is -2.31. The second kappa shape index (κ2) is 17.8. The average molecular weight is 636 g/mol. The van der Waals surface area contributed by atoms with Crippen molar-refractivity contribution in [2.75, 3.05) is 27.0 Å². The maximum absolute atomic E-state index is 6.67. The van der Waals surface area contributed by atoms with E-state index < -0.39 is 0 Å². The Morgan fingerprint density at radius 3 is 2.07 bits per heavy atom. The van der Waals surface area contributed by atoms with Gasteiger partial charge < -0.3 is 9.47 Å². The zero-order chi connectivity index (χ0) is 32.0. The number of unbranched alkanes of at least 4 members (excludes halogenated alkanes) is 2. The Morgan fingerprint density at radius 2 is 1.39 bits per heavy atom. The minimum Gasteiger partial charge on any atom is -0.467 e. The molecule has 0 saturated carbocycles. The van der Waals surface area contributed by atoms with Gasteiger partial charge in [0.05, 0.1) is 0 Å². The van der Waals surface area contributed by atoms with Crippen molar-refractivity contribution in [1.82, 2.24) is 4.90 Å². The van der Waals surface area contributed by atoms with E-state index >= 15 is 0 Å². The maximum atomic E-state index is 6.67. The quantitative estimate of drug-likeness (QED) is 0.0655. The van der Waals surface area contributed by atoms with E-state index in [1.807, 2.05) is 0 Å². The molecule has 0 N–H and O–H groups in total. The van der Waals surface area contributed by atoms with E-state index in [0.717, 1.165) is 38.0 Å². The van der Waals surface area contributed by atoms with Crippen LogP contribution in [0.4, 0.5) is 0 Å². The number of hydrogen-bond acceptors (Lipinski definition) is 3. The summed E-state index contributed by atoms with van der Waals surface area (Å²) in [5.74, 6) is 1.03. The molecule has 0 amide bonds. The lowest BCUT2D eigenvalue weighted by atomic mass is 9.84. The van der Waals surface area contributed by atoms with Gasteiger partial charge in [0.15, 0.2) is 6.79 Å². The molecule has 2 atom stereocenters. The van der Waals surface area contributed by atoms with Crippen LogP contribution in [0, 0.1) is 0 Å². The van der Waals surface area contributed by atoms with E-state index in [-0.39, 0.29) is 11.9 Å². The van der Waals surface area contributed by atoms with Crippen molar-refractivity contribution >= 4 is 13.9 Å². The normalized spacial score (nSPS) is 15.3. The van der Waals surface area contributed by atoms with Gasteiger partial charge in [-0.3, -0.25) is 4.90 Å². The first kappa shape index (κ1) is 34.4. The predicted molar refractivity (Wildman–Crippen MR) is 197 cm³/mol. The van der Waals surface area contributed by atoms with Gasteiger partial charge in [0, 0.05) is 30.8 Å². The van der Waals surface area contributed by atoms with Gasteiger partial charge in [-0.15, -0.1) is 0 Å². The number of benzene rings is 4. The highest BCUT2D eigenvalue weighted by Crippen LogP contribution is 2.53. The fraction of sp³-hybridized carbons (Fsp3) is 0.429. The van der Waals surface area contributed by atoms with Crippen molar-refractivity contribution in [2.45, 2.75) is 89.8 Å². The van der Waals surface area contributed by atoms with Crippen molar-refractivity contribution in [3.05, 3.63) is 130 Å². The third kappa shape index (κ3) is 9.31. The molecule has 1 heterocycles. The molecule has 0 bridgehead atoms. The van der Waals surface area contributed by atoms with E-state index in [1.165, 1.54) is 90.3 Å². The topological polar surface area (TPSA) is 21.7 Å². The number of likely N-dealkylation sites (tertiary alicyclic amines) is 1. The molecule has 4 aromatic carbocycles. The van der Waals surface area contributed by atoms with Crippen molar-refractivity contribution in [1.29, 1.82) is 0 Å². The van der Waals surface area contributed by atoms with Crippen LogP contribution >= 0.6 is 8.58 Å². The number of hydrogen-bond donors (Lipinski definition) is 0. The van der Waals surface area contributed by atoms with Crippen LogP contribution in [0.25, 0.3) is 0 Å². The summed E-state index contributed by atoms with van der Waals surface area (Å²) in [5.41, 5.74) is 8.12. The summed E-state index contributed by atoms with van der Waals surface area (Å²) >= 11 is 0. The molecular weight excluding hydrogens is 581 g/mol.